The first-order chi connectivity index (χ1) is 13.1. The molecule has 0 rings (SSSR count). The summed E-state index contributed by atoms with van der Waals surface area (Å²) in [6, 6.07) is -2.88. The quantitative estimate of drug-likeness (QED) is 0.388. The first kappa shape index (κ1) is 26.8. The minimum atomic E-state index is -1.16. The number of carboxylic acids is 1. The third-order valence-corrected chi connectivity index (χ3v) is 4.88. The second kappa shape index (κ2) is 11.1. The summed E-state index contributed by atoms with van der Waals surface area (Å²) in [5.41, 5.74) is 5.20. The molecule has 0 heterocycles. The van der Waals surface area contributed by atoms with Gasteiger partial charge in [-0.05, 0) is 23.7 Å². The number of esters is 1. The molecule has 0 aliphatic carbocycles. The zero-order valence-electron chi connectivity index (χ0n) is 18.7. The van der Waals surface area contributed by atoms with Gasteiger partial charge in [0.15, 0.2) is 0 Å². The van der Waals surface area contributed by atoms with Crippen molar-refractivity contribution in [3.63, 3.8) is 0 Å². The molecule has 0 fully saturated rings. The van der Waals surface area contributed by atoms with Gasteiger partial charge in [-0.1, -0.05) is 48.5 Å². The summed E-state index contributed by atoms with van der Waals surface area (Å²) in [4.78, 5) is 49.0. The lowest BCUT2D eigenvalue weighted by Gasteiger charge is -2.31. The number of carbonyl (C=O) groups excluding carboxylic acids is 3. The molecule has 4 atom stereocenters. The maximum absolute atomic E-state index is 12.8. The fourth-order valence-corrected chi connectivity index (χ4v) is 2.77. The Kier molecular flexibility index (Phi) is 10.3. The van der Waals surface area contributed by atoms with E-state index in [0.717, 1.165) is 7.11 Å². The molecule has 0 saturated heterocycles. The smallest absolute Gasteiger partial charge is 0.328 e. The standard InChI is InChI=1S/C20H37N3O6/c1-10(2)14(21)16(24)23-15(11(3)4)17(25)22-13(19(28)29-8)9-12(18(26)27)20(5,6)7/h10-15H,9,21H2,1-8H3,(H,22,25)(H,23,24)(H,26,27)/t12?,13-,14-,15-/m0/s1. The molecule has 9 heteroatoms. The van der Waals surface area contributed by atoms with E-state index >= 15 is 0 Å². The van der Waals surface area contributed by atoms with E-state index in [2.05, 4.69) is 10.6 Å². The number of aliphatic carboxylic acids is 1. The molecule has 0 saturated carbocycles. The van der Waals surface area contributed by atoms with Crippen LogP contribution in [-0.2, 0) is 23.9 Å². The Morgan fingerprint density at radius 3 is 1.83 bits per heavy atom. The Balaban J connectivity index is 5.53. The number of methoxy groups -OCH3 is 1. The van der Waals surface area contributed by atoms with Gasteiger partial charge in [0.25, 0.3) is 0 Å². The van der Waals surface area contributed by atoms with Crippen LogP contribution < -0.4 is 16.4 Å². The molecular formula is C20H37N3O6. The van der Waals surface area contributed by atoms with Crippen molar-refractivity contribution in [1.82, 2.24) is 10.6 Å². The summed E-state index contributed by atoms with van der Waals surface area (Å²) in [6.07, 6.45) is -0.137. The zero-order chi connectivity index (χ0) is 23.1. The van der Waals surface area contributed by atoms with Crippen molar-refractivity contribution >= 4 is 23.8 Å². The molecule has 5 N–H and O–H groups in total. The Morgan fingerprint density at radius 1 is 0.966 bits per heavy atom. The van der Waals surface area contributed by atoms with Crippen LogP contribution in [0.3, 0.4) is 0 Å². The molecule has 0 aromatic heterocycles. The van der Waals surface area contributed by atoms with Crippen LogP contribution in [-0.4, -0.2) is 54.1 Å². The molecule has 29 heavy (non-hydrogen) atoms. The number of ether oxygens (including phenoxy) is 1. The molecule has 0 radical (unpaired) electrons. The van der Waals surface area contributed by atoms with Crippen LogP contribution in [0.15, 0.2) is 0 Å². The first-order valence-corrected chi connectivity index (χ1v) is 9.80. The van der Waals surface area contributed by atoms with Gasteiger partial charge in [0.2, 0.25) is 11.8 Å². The summed E-state index contributed by atoms with van der Waals surface area (Å²) in [5.74, 6) is -4.18. The molecule has 168 valence electrons. The molecule has 0 aromatic rings. The summed E-state index contributed by atoms with van der Waals surface area (Å²) >= 11 is 0. The van der Waals surface area contributed by atoms with E-state index in [1.807, 2.05) is 0 Å². The second-order valence-electron chi connectivity index (χ2n) is 9.08. The molecule has 0 aliphatic rings. The second-order valence-corrected chi connectivity index (χ2v) is 9.08. The van der Waals surface area contributed by atoms with Crippen molar-refractivity contribution < 1.29 is 29.0 Å². The lowest BCUT2D eigenvalue weighted by Crippen LogP contribution is -2.57. The minimum absolute atomic E-state index is 0.114. The predicted octanol–water partition coefficient (Wildman–Crippen LogP) is 0.905. The van der Waals surface area contributed by atoms with E-state index in [0.29, 0.717) is 0 Å². The predicted molar refractivity (Wildman–Crippen MR) is 109 cm³/mol. The van der Waals surface area contributed by atoms with E-state index in [9.17, 15) is 24.3 Å². The number of nitrogens with two attached hydrogens (primary N) is 1. The summed E-state index contributed by atoms with van der Waals surface area (Å²) < 4.78 is 4.74. The third kappa shape index (κ3) is 8.39. The Bertz CT molecular complexity index is 598. The molecule has 2 amide bonds. The molecule has 1 unspecified atom stereocenters. The first-order valence-electron chi connectivity index (χ1n) is 9.80. The average molecular weight is 416 g/mol. The maximum atomic E-state index is 12.8. The van der Waals surface area contributed by atoms with Crippen LogP contribution >= 0.6 is 0 Å². The van der Waals surface area contributed by atoms with Gasteiger partial charge in [-0.25, -0.2) is 4.79 Å². The van der Waals surface area contributed by atoms with Gasteiger partial charge in [0, 0.05) is 0 Å². The van der Waals surface area contributed by atoms with Gasteiger partial charge in [-0.15, -0.1) is 0 Å². The van der Waals surface area contributed by atoms with Crippen LogP contribution in [0.4, 0.5) is 0 Å². The van der Waals surface area contributed by atoms with E-state index in [-0.39, 0.29) is 18.3 Å². The van der Waals surface area contributed by atoms with Crippen molar-refractivity contribution in [2.24, 2.45) is 28.9 Å². The van der Waals surface area contributed by atoms with Crippen molar-refractivity contribution in [2.45, 2.75) is 73.0 Å². The number of carboxylic acid groups (broad SMARTS) is 1. The largest absolute Gasteiger partial charge is 0.481 e. The van der Waals surface area contributed by atoms with Crippen LogP contribution in [0.2, 0.25) is 0 Å². The normalized spacial score (nSPS) is 16.0. The molecular weight excluding hydrogens is 378 g/mol. The fourth-order valence-electron chi connectivity index (χ4n) is 2.77. The Morgan fingerprint density at radius 2 is 1.48 bits per heavy atom. The van der Waals surface area contributed by atoms with E-state index in [1.54, 1.807) is 48.5 Å². The number of carbonyl (C=O) groups is 4. The van der Waals surface area contributed by atoms with Crippen molar-refractivity contribution in [3.05, 3.63) is 0 Å². The fraction of sp³-hybridized carbons (Fsp3) is 0.800. The van der Waals surface area contributed by atoms with Gasteiger partial charge >= 0.3 is 11.9 Å². The van der Waals surface area contributed by atoms with Crippen molar-refractivity contribution in [1.29, 1.82) is 0 Å². The molecule has 0 bridgehead atoms. The van der Waals surface area contributed by atoms with Gasteiger partial charge in [0.1, 0.15) is 12.1 Å². The van der Waals surface area contributed by atoms with Gasteiger partial charge in [-0.3, -0.25) is 14.4 Å². The highest BCUT2D eigenvalue weighted by molar-refractivity contribution is 5.92. The summed E-state index contributed by atoms with van der Waals surface area (Å²) in [7, 11) is 1.16. The topological polar surface area (TPSA) is 148 Å². The van der Waals surface area contributed by atoms with Gasteiger partial charge in [0.05, 0.1) is 19.1 Å². The monoisotopic (exact) mass is 415 g/mol. The molecule has 0 aromatic carbocycles. The third-order valence-electron chi connectivity index (χ3n) is 4.88. The van der Waals surface area contributed by atoms with Crippen LogP contribution in [0.5, 0.6) is 0 Å². The van der Waals surface area contributed by atoms with Crippen molar-refractivity contribution in [3.8, 4) is 0 Å². The van der Waals surface area contributed by atoms with Crippen molar-refractivity contribution in [2.75, 3.05) is 7.11 Å². The average Bonchev–Trinajstić information content (AvgIpc) is 2.59. The summed E-state index contributed by atoms with van der Waals surface area (Å²) in [6.45, 7) is 12.3. The number of rotatable bonds is 10. The van der Waals surface area contributed by atoms with Gasteiger partial charge in [-0.2, -0.15) is 0 Å². The van der Waals surface area contributed by atoms with Crippen LogP contribution in [0.25, 0.3) is 0 Å². The summed E-state index contributed by atoms with van der Waals surface area (Å²) in [5, 5.41) is 14.7. The Labute approximate surface area is 173 Å². The number of nitrogens with one attached hydrogen (secondary N) is 2. The molecule has 0 spiro atoms. The van der Waals surface area contributed by atoms with E-state index in [4.69, 9.17) is 10.5 Å². The maximum Gasteiger partial charge on any atom is 0.328 e. The molecule has 9 nitrogen and oxygen atoms in total. The van der Waals surface area contributed by atoms with Crippen LogP contribution in [0.1, 0.15) is 54.9 Å². The lowest BCUT2D eigenvalue weighted by atomic mass is 9.77. The zero-order valence-corrected chi connectivity index (χ0v) is 18.7. The number of amides is 2. The van der Waals surface area contributed by atoms with Gasteiger partial charge < -0.3 is 26.2 Å². The highest BCUT2D eigenvalue weighted by Crippen LogP contribution is 2.30. The van der Waals surface area contributed by atoms with E-state index in [1.165, 1.54) is 0 Å². The van der Waals surface area contributed by atoms with E-state index < -0.39 is 53.2 Å². The van der Waals surface area contributed by atoms with Crippen LogP contribution in [0, 0.1) is 23.2 Å². The molecule has 0 aliphatic heterocycles. The minimum Gasteiger partial charge on any atom is -0.481 e. The highest BCUT2D eigenvalue weighted by Gasteiger charge is 2.38. The Hall–Kier alpha value is -2.16. The SMILES string of the molecule is COC(=O)[C@H](CC(C(=O)O)C(C)(C)C)NC(=O)[C@@H](NC(=O)[C@@H](N)C(C)C)C(C)C. The highest BCUT2D eigenvalue weighted by atomic mass is 16.5. The number of hydrogen-bond acceptors (Lipinski definition) is 6. The number of hydrogen-bond donors (Lipinski definition) is 4. The lowest BCUT2D eigenvalue weighted by molar-refractivity contribution is -0.150.